The first kappa shape index (κ1) is 10.5. The van der Waals surface area contributed by atoms with Crippen LogP contribution in [0.3, 0.4) is 0 Å². The summed E-state index contributed by atoms with van der Waals surface area (Å²) in [7, 11) is 1.34. The molecule has 1 aromatic heterocycles. The van der Waals surface area contributed by atoms with E-state index in [4.69, 9.17) is 11.6 Å². The van der Waals surface area contributed by atoms with Crippen LogP contribution in [-0.2, 0) is 4.74 Å². The molecule has 15 heavy (non-hydrogen) atoms. The van der Waals surface area contributed by atoms with E-state index in [9.17, 15) is 4.79 Å². The summed E-state index contributed by atoms with van der Waals surface area (Å²) in [6.07, 6.45) is 0. The van der Waals surface area contributed by atoms with E-state index in [1.54, 1.807) is 12.1 Å². The zero-order chi connectivity index (χ0) is 11.0. The molecule has 0 radical (unpaired) electrons. The van der Waals surface area contributed by atoms with Crippen molar-refractivity contribution in [3.63, 3.8) is 0 Å². The van der Waals surface area contributed by atoms with Crippen molar-refractivity contribution in [2.24, 2.45) is 0 Å². The number of nitrogens with one attached hydrogen (secondary N) is 1. The van der Waals surface area contributed by atoms with Gasteiger partial charge in [-0.05, 0) is 18.2 Å². The van der Waals surface area contributed by atoms with Gasteiger partial charge in [0.15, 0.2) is 0 Å². The van der Waals surface area contributed by atoms with Crippen LogP contribution in [0.4, 0.5) is 0 Å². The van der Waals surface area contributed by atoms with Crippen LogP contribution in [0.15, 0.2) is 22.7 Å². The Hall–Kier alpha value is -1.00. The lowest BCUT2D eigenvalue weighted by Gasteiger charge is -1.95. The van der Waals surface area contributed by atoms with Crippen LogP contribution in [0.25, 0.3) is 10.9 Å². The number of benzene rings is 1. The molecule has 0 aliphatic rings. The van der Waals surface area contributed by atoms with Crippen LogP contribution in [0.5, 0.6) is 0 Å². The van der Waals surface area contributed by atoms with Crippen molar-refractivity contribution >= 4 is 44.4 Å². The number of H-pyrrole nitrogens is 1. The first-order chi connectivity index (χ1) is 7.13. The number of esters is 1. The highest BCUT2D eigenvalue weighted by Gasteiger charge is 2.12. The third-order valence-corrected chi connectivity index (χ3v) is 3.10. The quantitative estimate of drug-likeness (QED) is 0.818. The van der Waals surface area contributed by atoms with Crippen molar-refractivity contribution in [1.82, 2.24) is 4.98 Å². The summed E-state index contributed by atoms with van der Waals surface area (Å²) in [5.41, 5.74) is 1.12. The normalized spacial score (nSPS) is 10.6. The van der Waals surface area contributed by atoms with Gasteiger partial charge in [-0.2, -0.15) is 0 Å². The third-order valence-electron chi connectivity index (χ3n) is 2.10. The third kappa shape index (κ3) is 1.75. The minimum absolute atomic E-state index is 0.390. The molecule has 0 unspecified atom stereocenters. The molecule has 1 N–H and O–H groups in total. The SMILES string of the molecule is COC(=O)c1cc2c(Br)ccc(Cl)c2[nH]1. The van der Waals surface area contributed by atoms with Gasteiger partial charge >= 0.3 is 5.97 Å². The van der Waals surface area contributed by atoms with Gasteiger partial charge in [-0.15, -0.1) is 0 Å². The molecule has 78 valence electrons. The number of aromatic amines is 1. The number of halogens is 2. The molecule has 0 amide bonds. The lowest BCUT2D eigenvalue weighted by atomic mass is 10.2. The number of carbonyl (C=O) groups is 1. The Morgan fingerprint density at radius 1 is 1.53 bits per heavy atom. The van der Waals surface area contributed by atoms with E-state index in [1.165, 1.54) is 7.11 Å². The van der Waals surface area contributed by atoms with Crippen LogP contribution >= 0.6 is 27.5 Å². The Balaban J connectivity index is 2.70. The van der Waals surface area contributed by atoms with E-state index >= 15 is 0 Å². The molecule has 0 saturated carbocycles. The largest absolute Gasteiger partial charge is 0.464 e. The predicted octanol–water partition coefficient (Wildman–Crippen LogP) is 3.37. The van der Waals surface area contributed by atoms with E-state index in [2.05, 4.69) is 25.7 Å². The van der Waals surface area contributed by atoms with Crippen molar-refractivity contribution in [3.8, 4) is 0 Å². The number of rotatable bonds is 1. The second-order valence-electron chi connectivity index (χ2n) is 2.99. The maximum Gasteiger partial charge on any atom is 0.354 e. The molecule has 1 aromatic carbocycles. The Morgan fingerprint density at radius 2 is 2.27 bits per heavy atom. The molecule has 0 bridgehead atoms. The van der Waals surface area contributed by atoms with Crippen LogP contribution in [0.1, 0.15) is 10.5 Å². The van der Waals surface area contributed by atoms with Crippen LogP contribution in [-0.4, -0.2) is 18.1 Å². The predicted molar refractivity (Wildman–Crippen MR) is 62.3 cm³/mol. The first-order valence-corrected chi connectivity index (χ1v) is 5.35. The van der Waals surface area contributed by atoms with Crippen molar-refractivity contribution in [2.45, 2.75) is 0 Å². The summed E-state index contributed by atoms with van der Waals surface area (Å²) in [4.78, 5) is 14.2. The van der Waals surface area contributed by atoms with E-state index in [0.29, 0.717) is 10.7 Å². The molecule has 0 saturated heterocycles. The van der Waals surface area contributed by atoms with E-state index < -0.39 is 5.97 Å². The maximum atomic E-state index is 11.3. The highest BCUT2D eigenvalue weighted by atomic mass is 79.9. The van der Waals surface area contributed by atoms with E-state index in [1.807, 2.05) is 6.07 Å². The monoisotopic (exact) mass is 287 g/mol. The summed E-state index contributed by atoms with van der Waals surface area (Å²) >= 11 is 9.37. The van der Waals surface area contributed by atoms with Crippen molar-refractivity contribution < 1.29 is 9.53 Å². The molecule has 1 heterocycles. The minimum Gasteiger partial charge on any atom is -0.464 e. The lowest BCUT2D eigenvalue weighted by molar-refractivity contribution is 0.0595. The van der Waals surface area contributed by atoms with Gasteiger partial charge in [0.1, 0.15) is 5.69 Å². The molecule has 3 nitrogen and oxygen atoms in total. The highest BCUT2D eigenvalue weighted by molar-refractivity contribution is 9.10. The van der Waals surface area contributed by atoms with Gasteiger partial charge in [-0.25, -0.2) is 4.79 Å². The lowest BCUT2D eigenvalue weighted by Crippen LogP contribution is -2.00. The molecule has 2 aromatic rings. The van der Waals surface area contributed by atoms with Gasteiger partial charge in [0.05, 0.1) is 17.6 Å². The number of hydrogen-bond donors (Lipinski definition) is 1. The minimum atomic E-state index is -0.408. The second-order valence-corrected chi connectivity index (χ2v) is 4.25. The highest BCUT2D eigenvalue weighted by Crippen LogP contribution is 2.30. The number of methoxy groups -OCH3 is 1. The van der Waals surface area contributed by atoms with E-state index in [-0.39, 0.29) is 0 Å². The molecule has 0 aliphatic carbocycles. The summed E-state index contributed by atoms with van der Waals surface area (Å²) in [6.45, 7) is 0. The summed E-state index contributed by atoms with van der Waals surface area (Å²) < 4.78 is 5.50. The van der Waals surface area contributed by atoms with Gasteiger partial charge in [0.2, 0.25) is 0 Å². The van der Waals surface area contributed by atoms with Crippen LogP contribution in [0, 0.1) is 0 Å². The Labute approximate surface area is 99.5 Å². The molecule has 2 rings (SSSR count). The molecule has 0 fully saturated rings. The second kappa shape index (κ2) is 3.87. The summed E-state index contributed by atoms with van der Waals surface area (Å²) in [6, 6.07) is 5.29. The zero-order valence-corrected chi connectivity index (χ0v) is 10.1. The standard InChI is InChI=1S/C10H7BrClNO2/c1-15-10(14)8-4-5-6(11)2-3-7(12)9(5)13-8/h2-4,13H,1H3. The fourth-order valence-electron chi connectivity index (χ4n) is 1.37. The van der Waals surface area contributed by atoms with Gasteiger partial charge in [0, 0.05) is 9.86 Å². The fraction of sp³-hybridized carbons (Fsp3) is 0.100. The Bertz CT molecular complexity index is 496. The zero-order valence-electron chi connectivity index (χ0n) is 7.80. The number of aromatic nitrogens is 1. The Kier molecular flexibility index (Phi) is 2.71. The molecule has 5 heteroatoms. The molecular weight excluding hydrogens is 281 g/mol. The summed E-state index contributed by atoms with van der Waals surface area (Å²) in [5, 5.41) is 1.44. The number of hydrogen-bond acceptors (Lipinski definition) is 2. The van der Waals surface area contributed by atoms with Crippen LogP contribution in [0.2, 0.25) is 5.02 Å². The average Bonchev–Trinajstić information content (AvgIpc) is 2.68. The number of fused-ring (bicyclic) bond motifs is 1. The van der Waals surface area contributed by atoms with Crippen molar-refractivity contribution in [2.75, 3.05) is 7.11 Å². The molecule has 0 spiro atoms. The first-order valence-electron chi connectivity index (χ1n) is 4.18. The summed E-state index contributed by atoms with van der Waals surface area (Å²) in [5.74, 6) is -0.408. The Morgan fingerprint density at radius 3 is 2.87 bits per heavy atom. The molecule has 0 aliphatic heterocycles. The van der Waals surface area contributed by atoms with E-state index in [0.717, 1.165) is 15.4 Å². The van der Waals surface area contributed by atoms with Crippen molar-refractivity contribution in [1.29, 1.82) is 0 Å². The average molecular weight is 289 g/mol. The van der Waals surface area contributed by atoms with Gasteiger partial charge < -0.3 is 9.72 Å². The van der Waals surface area contributed by atoms with Crippen LogP contribution < -0.4 is 0 Å². The molecule has 0 atom stereocenters. The smallest absolute Gasteiger partial charge is 0.354 e. The topological polar surface area (TPSA) is 42.1 Å². The van der Waals surface area contributed by atoms with Gasteiger partial charge in [-0.3, -0.25) is 0 Å². The van der Waals surface area contributed by atoms with Gasteiger partial charge in [0.25, 0.3) is 0 Å². The van der Waals surface area contributed by atoms with Gasteiger partial charge in [-0.1, -0.05) is 27.5 Å². The maximum absolute atomic E-state index is 11.3. The molecular formula is C10H7BrClNO2. The van der Waals surface area contributed by atoms with Crippen molar-refractivity contribution in [3.05, 3.63) is 33.4 Å². The number of ether oxygens (including phenoxy) is 1. The number of carbonyl (C=O) groups excluding carboxylic acids is 1. The fourth-order valence-corrected chi connectivity index (χ4v) is 2.03.